The highest BCUT2D eigenvalue weighted by Crippen LogP contribution is 2.23. The zero-order chi connectivity index (χ0) is 22.5. The van der Waals surface area contributed by atoms with Gasteiger partial charge in [0.15, 0.2) is 0 Å². The Labute approximate surface area is 187 Å². The van der Waals surface area contributed by atoms with Crippen molar-refractivity contribution in [3.05, 3.63) is 63.2 Å². The fourth-order valence-corrected chi connectivity index (χ4v) is 3.29. The van der Waals surface area contributed by atoms with Crippen LogP contribution in [0.1, 0.15) is 18.4 Å². The van der Waals surface area contributed by atoms with Crippen LogP contribution in [0.15, 0.2) is 47.6 Å². The third kappa shape index (κ3) is 5.19. The first-order valence-corrected chi connectivity index (χ1v) is 10.2. The number of nitro benzene ring substituents is 1. The molecule has 3 aromatic rings. The number of nitro groups is 1. The van der Waals surface area contributed by atoms with Gasteiger partial charge in [-0.2, -0.15) is 20.1 Å². The van der Waals surface area contributed by atoms with Crippen molar-refractivity contribution in [1.82, 2.24) is 15.0 Å². The topological polar surface area (TPSA) is 142 Å². The molecule has 1 aliphatic rings. The van der Waals surface area contributed by atoms with Gasteiger partial charge in [0.05, 0.1) is 11.1 Å². The predicted molar refractivity (Wildman–Crippen MR) is 122 cm³/mol. The highest BCUT2D eigenvalue weighted by atomic mass is 35.5. The van der Waals surface area contributed by atoms with E-state index in [9.17, 15) is 15.2 Å². The Kier molecular flexibility index (Phi) is 6.26. The molecule has 0 atom stereocenters. The Hall–Kier alpha value is -3.99. The SMILES string of the molecule is O=[N+]([O-])c1ccc(Nc2nc(NN=Cc3cc(Cl)ccc3O)nc(N3CCCC3)n2)cc1. The molecule has 4 rings (SSSR count). The first-order chi connectivity index (χ1) is 15.5. The second-order valence-corrected chi connectivity index (χ2v) is 7.42. The summed E-state index contributed by atoms with van der Waals surface area (Å²) in [5, 5.41) is 28.4. The molecule has 0 radical (unpaired) electrons. The Morgan fingerprint density at radius 3 is 2.53 bits per heavy atom. The third-order valence-electron chi connectivity index (χ3n) is 4.70. The highest BCUT2D eigenvalue weighted by Gasteiger charge is 2.17. The standard InChI is InChI=1S/C20H19ClN8O3/c21-14-3-8-17(30)13(11-14)12-22-27-19-24-18(25-20(26-19)28-9-1-2-10-28)23-15-4-6-16(7-5-15)29(31)32/h3-8,11-12,30H,1-2,9-10H2,(H2,23,24,25,26,27). The molecule has 1 fully saturated rings. The van der Waals surface area contributed by atoms with Gasteiger partial charge in [-0.3, -0.25) is 10.1 Å². The number of benzene rings is 2. The normalized spacial score (nSPS) is 13.5. The van der Waals surface area contributed by atoms with Crippen molar-refractivity contribution < 1.29 is 10.0 Å². The van der Waals surface area contributed by atoms with Crippen LogP contribution in [0.2, 0.25) is 5.02 Å². The number of hydrogen-bond donors (Lipinski definition) is 3. The molecule has 2 heterocycles. The molecule has 0 unspecified atom stereocenters. The number of hydrogen-bond acceptors (Lipinski definition) is 10. The summed E-state index contributed by atoms with van der Waals surface area (Å²) in [4.78, 5) is 25.6. The molecule has 12 heteroatoms. The molecule has 0 saturated carbocycles. The van der Waals surface area contributed by atoms with Gasteiger partial charge < -0.3 is 15.3 Å². The van der Waals surface area contributed by atoms with Gasteiger partial charge in [-0.25, -0.2) is 5.43 Å². The lowest BCUT2D eigenvalue weighted by atomic mass is 10.2. The summed E-state index contributed by atoms with van der Waals surface area (Å²) < 4.78 is 0. The van der Waals surface area contributed by atoms with Crippen LogP contribution in [0.3, 0.4) is 0 Å². The van der Waals surface area contributed by atoms with Crippen LogP contribution in [0, 0.1) is 10.1 Å². The molecule has 1 aromatic heterocycles. The summed E-state index contributed by atoms with van der Waals surface area (Å²) in [6.07, 6.45) is 3.50. The molecule has 0 aliphatic carbocycles. The minimum Gasteiger partial charge on any atom is -0.507 e. The van der Waals surface area contributed by atoms with Crippen molar-refractivity contribution in [2.45, 2.75) is 12.8 Å². The maximum atomic E-state index is 10.9. The molecule has 11 nitrogen and oxygen atoms in total. The largest absolute Gasteiger partial charge is 0.507 e. The molecular weight excluding hydrogens is 436 g/mol. The molecule has 3 N–H and O–H groups in total. The van der Waals surface area contributed by atoms with E-state index in [1.807, 2.05) is 4.90 Å². The summed E-state index contributed by atoms with van der Waals surface area (Å²) >= 11 is 5.95. The van der Waals surface area contributed by atoms with Crippen LogP contribution in [0.4, 0.5) is 29.2 Å². The zero-order valence-electron chi connectivity index (χ0n) is 16.8. The first-order valence-electron chi connectivity index (χ1n) is 9.78. The highest BCUT2D eigenvalue weighted by molar-refractivity contribution is 6.30. The summed E-state index contributed by atoms with van der Waals surface area (Å²) in [5.74, 6) is 0.988. The Balaban J connectivity index is 1.57. The number of phenolic OH excluding ortho intramolecular Hbond substituents is 1. The molecule has 0 spiro atoms. The lowest BCUT2D eigenvalue weighted by Crippen LogP contribution is -2.21. The quantitative estimate of drug-likeness (QED) is 0.275. The van der Waals surface area contributed by atoms with Crippen LogP contribution < -0.4 is 15.6 Å². The summed E-state index contributed by atoms with van der Waals surface area (Å²) in [6, 6.07) is 10.6. The first kappa shape index (κ1) is 21.2. The molecule has 164 valence electrons. The monoisotopic (exact) mass is 454 g/mol. The number of anilines is 4. The molecule has 2 aromatic carbocycles. The number of nitrogens with one attached hydrogen (secondary N) is 2. The lowest BCUT2D eigenvalue weighted by Gasteiger charge is -2.16. The average molecular weight is 455 g/mol. The van der Waals surface area contributed by atoms with Crippen LogP contribution >= 0.6 is 11.6 Å². The van der Waals surface area contributed by atoms with E-state index in [-0.39, 0.29) is 23.3 Å². The molecule has 32 heavy (non-hydrogen) atoms. The Morgan fingerprint density at radius 2 is 1.81 bits per heavy atom. The predicted octanol–water partition coefficient (Wildman–Crippen LogP) is 3.93. The summed E-state index contributed by atoms with van der Waals surface area (Å²) in [5.41, 5.74) is 3.77. The molecule has 1 saturated heterocycles. The van der Waals surface area contributed by atoms with E-state index in [2.05, 4.69) is 30.8 Å². The Bertz CT molecular complexity index is 1150. The van der Waals surface area contributed by atoms with Gasteiger partial charge in [0.2, 0.25) is 17.8 Å². The Morgan fingerprint density at radius 1 is 1.09 bits per heavy atom. The molecule has 0 amide bonds. The van der Waals surface area contributed by atoms with Gasteiger partial charge in [0.25, 0.3) is 5.69 Å². The maximum absolute atomic E-state index is 10.9. The van der Waals surface area contributed by atoms with Gasteiger partial charge in [0, 0.05) is 41.5 Å². The van der Waals surface area contributed by atoms with Crippen LogP contribution in [-0.2, 0) is 0 Å². The number of rotatable bonds is 7. The summed E-state index contributed by atoms with van der Waals surface area (Å²) in [7, 11) is 0. The average Bonchev–Trinajstić information content (AvgIpc) is 3.31. The van der Waals surface area contributed by atoms with Crippen molar-refractivity contribution >= 4 is 47.0 Å². The van der Waals surface area contributed by atoms with Gasteiger partial charge in [0.1, 0.15) is 5.75 Å². The number of aromatic nitrogens is 3. The van der Waals surface area contributed by atoms with Gasteiger partial charge >= 0.3 is 0 Å². The number of halogens is 1. The van der Waals surface area contributed by atoms with E-state index in [1.165, 1.54) is 24.4 Å². The fraction of sp³-hybridized carbons (Fsp3) is 0.200. The molecule has 0 bridgehead atoms. The number of phenols is 1. The van der Waals surface area contributed by atoms with Crippen molar-refractivity contribution in [2.75, 3.05) is 28.7 Å². The second kappa shape index (κ2) is 9.43. The zero-order valence-corrected chi connectivity index (χ0v) is 17.5. The van der Waals surface area contributed by atoms with Gasteiger partial charge in [-0.15, -0.1) is 0 Å². The smallest absolute Gasteiger partial charge is 0.269 e. The minimum atomic E-state index is -0.462. The molecular formula is C20H19ClN8O3. The van der Waals surface area contributed by atoms with Crippen molar-refractivity contribution in [3.8, 4) is 5.75 Å². The van der Waals surface area contributed by atoms with E-state index in [4.69, 9.17) is 11.6 Å². The van der Waals surface area contributed by atoms with Crippen LogP contribution in [0.5, 0.6) is 5.75 Å². The van der Waals surface area contributed by atoms with Gasteiger partial charge in [-0.1, -0.05) is 11.6 Å². The lowest BCUT2D eigenvalue weighted by molar-refractivity contribution is -0.384. The van der Waals surface area contributed by atoms with E-state index < -0.39 is 4.92 Å². The van der Waals surface area contributed by atoms with Crippen molar-refractivity contribution in [3.63, 3.8) is 0 Å². The maximum Gasteiger partial charge on any atom is 0.269 e. The van der Waals surface area contributed by atoms with Crippen molar-refractivity contribution in [2.24, 2.45) is 5.10 Å². The van der Waals surface area contributed by atoms with E-state index >= 15 is 0 Å². The van der Waals surface area contributed by atoms with Crippen molar-refractivity contribution in [1.29, 1.82) is 0 Å². The summed E-state index contributed by atoms with van der Waals surface area (Å²) in [6.45, 7) is 1.67. The van der Waals surface area contributed by atoms with Crippen LogP contribution in [0.25, 0.3) is 0 Å². The second-order valence-electron chi connectivity index (χ2n) is 6.98. The number of hydrazone groups is 1. The number of aromatic hydroxyl groups is 1. The fourth-order valence-electron chi connectivity index (χ4n) is 3.11. The molecule has 1 aliphatic heterocycles. The van der Waals surface area contributed by atoms with E-state index in [0.29, 0.717) is 22.2 Å². The number of nitrogens with zero attached hydrogens (tertiary/aromatic N) is 6. The van der Waals surface area contributed by atoms with Crippen LogP contribution in [-0.4, -0.2) is 44.3 Å². The number of non-ortho nitro benzene ring substituents is 1. The van der Waals surface area contributed by atoms with E-state index in [0.717, 1.165) is 25.9 Å². The third-order valence-corrected chi connectivity index (χ3v) is 4.94. The minimum absolute atomic E-state index is 0.00934. The van der Waals surface area contributed by atoms with Gasteiger partial charge in [-0.05, 0) is 43.2 Å². The van der Waals surface area contributed by atoms with E-state index in [1.54, 1.807) is 24.3 Å².